The lowest BCUT2D eigenvalue weighted by atomic mass is 10.2. The molecule has 0 aliphatic carbocycles. The molecule has 7 nitrogen and oxygen atoms in total. The highest BCUT2D eigenvalue weighted by atomic mass is 32.1. The van der Waals surface area contributed by atoms with Gasteiger partial charge in [0.2, 0.25) is 0 Å². The number of carbonyl (C=O) groups is 1. The summed E-state index contributed by atoms with van der Waals surface area (Å²) in [6.45, 7) is 1.92. The molecule has 28 heavy (non-hydrogen) atoms. The van der Waals surface area contributed by atoms with Crippen LogP contribution in [0.25, 0.3) is 11.0 Å². The summed E-state index contributed by atoms with van der Waals surface area (Å²) in [6, 6.07) is 16.3. The topological polar surface area (TPSA) is 95.0 Å². The van der Waals surface area contributed by atoms with Crippen LogP contribution in [0.2, 0.25) is 0 Å². The molecule has 2 aromatic carbocycles. The van der Waals surface area contributed by atoms with Gasteiger partial charge >= 0.3 is 0 Å². The number of H-pyrrole nitrogens is 1. The van der Waals surface area contributed by atoms with Crippen LogP contribution in [0, 0.1) is 6.92 Å². The molecule has 4 aromatic rings. The smallest absolute Gasteiger partial charge is 0.291 e. The molecule has 2 heterocycles. The molecule has 2 aromatic heterocycles. The minimum Gasteiger partial charge on any atom is -0.459 e. The van der Waals surface area contributed by atoms with Crippen molar-refractivity contribution in [1.29, 1.82) is 0 Å². The second kappa shape index (κ2) is 7.53. The first kappa shape index (κ1) is 17.7. The van der Waals surface area contributed by atoms with Crippen LogP contribution in [0.4, 0.5) is 17.1 Å². The van der Waals surface area contributed by atoms with Crippen LogP contribution in [-0.2, 0) is 0 Å². The van der Waals surface area contributed by atoms with Gasteiger partial charge < -0.3 is 25.4 Å². The van der Waals surface area contributed by atoms with Crippen LogP contribution < -0.4 is 16.0 Å². The number of hydrogen-bond donors (Lipinski definition) is 4. The lowest BCUT2D eigenvalue weighted by Gasteiger charge is -2.11. The molecule has 0 fully saturated rings. The Morgan fingerprint density at radius 2 is 1.68 bits per heavy atom. The third-order valence-corrected chi connectivity index (χ3v) is 4.21. The number of hydrogen-bond acceptors (Lipinski definition) is 4. The summed E-state index contributed by atoms with van der Waals surface area (Å²) in [5, 5.41) is 9.49. The van der Waals surface area contributed by atoms with E-state index in [1.54, 1.807) is 24.3 Å². The number of nitrogens with one attached hydrogen (secondary N) is 4. The molecule has 8 heteroatoms. The van der Waals surface area contributed by atoms with Crippen molar-refractivity contribution < 1.29 is 9.21 Å². The fourth-order valence-corrected chi connectivity index (χ4v) is 2.98. The number of aromatic nitrogens is 2. The largest absolute Gasteiger partial charge is 0.459 e. The van der Waals surface area contributed by atoms with E-state index in [9.17, 15) is 4.79 Å². The summed E-state index contributed by atoms with van der Waals surface area (Å²) in [5.74, 6) is 0.830. The number of thiocarbonyl (C=S) groups is 1. The van der Waals surface area contributed by atoms with Crippen molar-refractivity contribution in [2.24, 2.45) is 0 Å². The van der Waals surface area contributed by atoms with E-state index in [2.05, 4.69) is 25.9 Å². The number of amides is 1. The van der Waals surface area contributed by atoms with E-state index in [1.807, 2.05) is 37.3 Å². The van der Waals surface area contributed by atoms with Crippen LogP contribution in [-0.4, -0.2) is 21.0 Å². The van der Waals surface area contributed by atoms with Crippen molar-refractivity contribution in [3.8, 4) is 0 Å². The quantitative estimate of drug-likeness (QED) is 0.382. The first-order valence-electron chi connectivity index (χ1n) is 8.56. The molecule has 4 rings (SSSR count). The standard InChI is InChI=1S/C20H17N5O2S/c1-12-21-16-9-8-15(11-17(16)22-12)25-20(28)24-14-6-4-13(5-7-14)23-19(26)18-3-2-10-27-18/h2-11H,1H3,(H,21,22)(H,23,26)(H2,24,25,28). The molecule has 0 unspecified atom stereocenters. The van der Waals surface area contributed by atoms with E-state index >= 15 is 0 Å². The molecule has 140 valence electrons. The molecular formula is C20H17N5O2S. The Bertz CT molecular complexity index is 1130. The third kappa shape index (κ3) is 4.02. The molecule has 0 saturated heterocycles. The van der Waals surface area contributed by atoms with Crippen molar-refractivity contribution in [2.45, 2.75) is 6.92 Å². The average Bonchev–Trinajstić information content (AvgIpc) is 3.32. The molecule has 4 N–H and O–H groups in total. The zero-order valence-corrected chi connectivity index (χ0v) is 15.8. The van der Waals surface area contributed by atoms with E-state index in [1.165, 1.54) is 6.26 Å². The molecule has 0 bridgehead atoms. The lowest BCUT2D eigenvalue weighted by Crippen LogP contribution is -2.19. The van der Waals surface area contributed by atoms with Crippen LogP contribution in [0.15, 0.2) is 65.3 Å². The first-order chi connectivity index (χ1) is 13.6. The van der Waals surface area contributed by atoms with Gasteiger partial charge in [-0.3, -0.25) is 4.79 Å². The first-order valence-corrected chi connectivity index (χ1v) is 8.97. The van der Waals surface area contributed by atoms with Crippen molar-refractivity contribution in [1.82, 2.24) is 9.97 Å². The Hall–Kier alpha value is -3.65. The van der Waals surface area contributed by atoms with Crippen LogP contribution >= 0.6 is 12.2 Å². The van der Waals surface area contributed by atoms with Gasteiger partial charge in [0.25, 0.3) is 5.91 Å². The summed E-state index contributed by atoms with van der Waals surface area (Å²) in [5.41, 5.74) is 4.17. The molecule has 0 aliphatic rings. The Morgan fingerprint density at radius 3 is 2.39 bits per heavy atom. The van der Waals surface area contributed by atoms with E-state index < -0.39 is 0 Å². The number of furan rings is 1. The second-order valence-electron chi connectivity index (χ2n) is 6.14. The zero-order valence-electron chi connectivity index (χ0n) is 14.9. The van der Waals surface area contributed by atoms with Crippen molar-refractivity contribution >= 4 is 51.3 Å². The number of rotatable bonds is 4. The van der Waals surface area contributed by atoms with E-state index in [4.69, 9.17) is 16.6 Å². The van der Waals surface area contributed by atoms with Gasteiger partial charge in [-0.25, -0.2) is 4.98 Å². The second-order valence-corrected chi connectivity index (χ2v) is 6.55. The normalized spacial score (nSPS) is 10.6. The molecule has 0 aliphatic heterocycles. The van der Waals surface area contributed by atoms with Crippen LogP contribution in [0.5, 0.6) is 0 Å². The summed E-state index contributed by atoms with van der Waals surface area (Å²) >= 11 is 5.37. The average molecular weight is 391 g/mol. The van der Waals surface area contributed by atoms with Gasteiger partial charge in [0, 0.05) is 17.1 Å². The van der Waals surface area contributed by atoms with Gasteiger partial charge in [0.15, 0.2) is 10.9 Å². The number of anilines is 3. The van der Waals surface area contributed by atoms with Gasteiger partial charge in [0.1, 0.15) is 5.82 Å². The summed E-state index contributed by atoms with van der Waals surface area (Å²) in [7, 11) is 0. The highest BCUT2D eigenvalue weighted by Gasteiger charge is 2.08. The number of nitrogens with zero attached hydrogens (tertiary/aromatic N) is 1. The number of benzene rings is 2. The van der Waals surface area contributed by atoms with Gasteiger partial charge in [-0.2, -0.15) is 0 Å². The van der Waals surface area contributed by atoms with Crippen LogP contribution in [0.1, 0.15) is 16.4 Å². The summed E-state index contributed by atoms with van der Waals surface area (Å²) in [4.78, 5) is 19.6. The fourth-order valence-electron chi connectivity index (χ4n) is 2.75. The highest BCUT2D eigenvalue weighted by Crippen LogP contribution is 2.18. The van der Waals surface area contributed by atoms with Gasteiger partial charge in [-0.05, 0) is 73.7 Å². The summed E-state index contributed by atoms with van der Waals surface area (Å²) in [6.07, 6.45) is 1.46. The SMILES string of the molecule is Cc1nc2ccc(NC(=S)Nc3ccc(NC(=O)c4ccco4)cc3)cc2[nH]1. The zero-order chi connectivity index (χ0) is 19.5. The van der Waals surface area contributed by atoms with Crippen LogP contribution in [0.3, 0.4) is 0 Å². The van der Waals surface area contributed by atoms with E-state index in [-0.39, 0.29) is 11.7 Å². The Labute approximate surface area is 166 Å². The maximum atomic E-state index is 12.0. The van der Waals surface area contributed by atoms with Crippen molar-refractivity contribution in [3.05, 3.63) is 72.4 Å². The molecule has 0 saturated carbocycles. The Kier molecular flexibility index (Phi) is 4.77. The van der Waals surface area contributed by atoms with Gasteiger partial charge in [-0.15, -0.1) is 0 Å². The number of aromatic amines is 1. The van der Waals surface area contributed by atoms with E-state index in [0.29, 0.717) is 10.8 Å². The number of aryl methyl sites for hydroxylation is 1. The molecule has 0 radical (unpaired) electrons. The number of carbonyl (C=O) groups excluding carboxylic acids is 1. The predicted molar refractivity (Wildman–Crippen MR) is 114 cm³/mol. The minimum absolute atomic E-state index is 0.261. The molecule has 0 atom stereocenters. The Balaban J connectivity index is 1.36. The summed E-state index contributed by atoms with van der Waals surface area (Å²) < 4.78 is 5.07. The minimum atomic E-state index is -0.299. The van der Waals surface area contributed by atoms with Gasteiger partial charge in [-0.1, -0.05) is 0 Å². The highest BCUT2D eigenvalue weighted by molar-refractivity contribution is 7.80. The number of fused-ring (bicyclic) bond motifs is 1. The Morgan fingerprint density at radius 1 is 1.00 bits per heavy atom. The van der Waals surface area contributed by atoms with Gasteiger partial charge in [0.05, 0.1) is 17.3 Å². The van der Waals surface area contributed by atoms with Crippen molar-refractivity contribution in [3.63, 3.8) is 0 Å². The predicted octanol–water partition coefficient (Wildman–Crippen LogP) is 4.53. The number of imidazole rings is 1. The molecular weight excluding hydrogens is 374 g/mol. The fraction of sp³-hybridized carbons (Fsp3) is 0.0500. The monoisotopic (exact) mass is 391 g/mol. The van der Waals surface area contributed by atoms with E-state index in [0.717, 1.165) is 28.2 Å². The lowest BCUT2D eigenvalue weighted by molar-refractivity contribution is 0.0996. The molecule has 0 spiro atoms. The maximum Gasteiger partial charge on any atom is 0.291 e. The van der Waals surface area contributed by atoms with Crippen molar-refractivity contribution in [2.75, 3.05) is 16.0 Å². The molecule has 1 amide bonds. The maximum absolute atomic E-state index is 12.0. The third-order valence-electron chi connectivity index (χ3n) is 4.00.